The van der Waals surface area contributed by atoms with Crippen LogP contribution < -0.4 is 24.3 Å². The normalized spacial score (nSPS) is 20.7. The van der Waals surface area contributed by atoms with Crippen molar-refractivity contribution in [2.75, 3.05) is 80.8 Å². The maximum Gasteiger partial charge on any atom is 0.410 e. The summed E-state index contributed by atoms with van der Waals surface area (Å²) < 4.78 is 33.1. The minimum absolute atomic E-state index is 0.227. The lowest BCUT2D eigenvalue weighted by Gasteiger charge is -2.40. The Morgan fingerprint density at radius 2 is 1.00 bits per heavy atom. The van der Waals surface area contributed by atoms with E-state index in [4.69, 9.17) is 28.4 Å². The number of hydrogen-bond donors (Lipinski definition) is 2. The number of aryl methyl sites for hydroxylation is 4. The molecule has 6 aliphatic rings. The van der Waals surface area contributed by atoms with Crippen LogP contribution in [0.15, 0.2) is 77.3 Å². The molecule has 14 nitrogen and oxygen atoms in total. The highest BCUT2D eigenvalue weighted by atomic mass is 79.9. The molecule has 4 aromatic rings. The van der Waals surface area contributed by atoms with Gasteiger partial charge in [0.05, 0.1) is 38.5 Å². The maximum absolute atomic E-state index is 12.1. The van der Waals surface area contributed by atoms with E-state index in [0.29, 0.717) is 69.4 Å². The molecule has 0 spiro atoms. The molecule has 0 aromatic heterocycles. The number of piperidine rings is 4. The first kappa shape index (κ1) is 67.8. The Labute approximate surface area is 512 Å². The zero-order valence-corrected chi connectivity index (χ0v) is 54.9. The first-order chi connectivity index (χ1) is 39.8. The molecule has 3 unspecified atom stereocenters. The Kier molecular flexibility index (Phi) is 25.3. The number of aliphatic hydroxyl groups is 1. The lowest BCUT2D eigenvalue weighted by molar-refractivity contribution is -0.121. The Hall–Kier alpha value is -5.35. The molecule has 2 bridgehead atoms. The van der Waals surface area contributed by atoms with E-state index in [1.54, 1.807) is 38.2 Å². The minimum Gasteiger partial charge on any atom is -0.496 e. The number of ether oxygens (including phenoxy) is 6. The molecule has 4 saturated heterocycles. The molecule has 2 N–H and O–H groups in total. The van der Waals surface area contributed by atoms with Crippen molar-refractivity contribution < 1.29 is 47.9 Å². The van der Waals surface area contributed by atoms with Crippen molar-refractivity contribution in [3.8, 4) is 23.0 Å². The number of hydrogen-bond acceptors (Lipinski definition) is 12. The molecular formula is C69H101BrN4O10. The van der Waals surface area contributed by atoms with Crippen molar-refractivity contribution in [1.29, 1.82) is 0 Å². The Morgan fingerprint density at radius 3 is 1.44 bits per heavy atom. The van der Waals surface area contributed by atoms with E-state index in [1.165, 1.54) is 92.3 Å². The second-order valence-electron chi connectivity index (χ2n) is 25.9. The monoisotopic (exact) mass is 1220 g/mol. The van der Waals surface area contributed by atoms with Crippen LogP contribution >= 0.6 is 15.9 Å². The van der Waals surface area contributed by atoms with Gasteiger partial charge < -0.3 is 53.5 Å². The van der Waals surface area contributed by atoms with E-state index in [-0.39, 0.29) is 18.0 Å². The highest BCUT2D eigenvalue weighted by Gasteiger charge is 2.43. The number of benzene rings is 4. The van der Waals surface area contributed by atoms with E-state index in [9.17, 15) is 19.5 Å². The second-order valence-corrected chi connectivity index (χ2v) is 26.8. The first-order valence-electron chi connectivity index (χ1n) is 30.7. The summed E-state index contributed by atoms with van der Waals surface area (Å²) in [6.07, 6.45) is 12.3. The molecule has 464 valence electrons. The molecule has 4 aromatic carbocycles. The van der Waals surface area contributed by atoms with Crippen molar-refractivity contribution in [1.82, 2.24) is 20.0 Å². The van der Waals surface area contributed by atoms with Gasteiger partial charge in [0.1, 0.15) is 40.0 Å². The average Bonchev–Trinajstić information content (AvgIpc) is 4.22. The SMILES string of the molecule is CC(C)(C)OC(=O)N1CCC(=O)CC1.COc1ccc(C)cc1Br.COc1ccc(C)cc1C1(O)CCN(C(=O)OC(C)(C)C)CC1.COc1ccc(C)cc1C1CCN(C2CC3CCC2C3)CC1.COc1ccc(C)cc1C1CCNCC1. The molecule has 84 heavy (non-hydrogen) atoms. The number of nitrogens with one attached hydrogen (secondary N) is 1. The lowest BCUT2D eigenvalue weighted by atomic mass is 9.83. The number of carbonyl (C=O) groups excluding carboxylic acids is 3. The topological polar surface area (TPSA) is 149 Å². The van der Waals surface area contributed by atoms with E-state index >= 15 is 0 Å². The molecule has 6 fully saturated rings. The molecule has 2 aliphatic carbocycles. The summed E-state index contributed by atoms with van der Waals surface area (Å²) in [5.74, 6) is 7.36. The van der Waals surface area contributed by atoms with Gasteiger partial charge in [0.15, 0.2) is 0 Å². The van der Waals surface area contributed by atoms with Gasteiger partial charge in [-0.15, -0.1) is 0 Å². The van der Waals surface area contributed by atoms with Gasteiger partial charge in [-0.1, -0.05) is 59.5 Å². The van der Waals surface area contributed by atoms with Gasteiger partial charge in [-0.25, -0.2) is 9.59 Å². The molecule has 0 radical (unpaired) electrons. The van der Waals surface area contributed by atoms with Crippen LogP contribution in [0.2, 0.25) is 0 Å². The first-order valence-corrected chi connectivity index (χ1v) is 31.5. The molecular weight excluding hydrogens is 1120 g/mol. The molecule has 4 heterocycles. The fraction of sp³-hybridized carbons (Fsp3) is 0.609. The molecule has 2 saturated carbocycles. The van der Waals surface area contributed by atoms with Crippen molar-refractivity contribution in [3.05, 3.63) is 116 Å². The van der Waals surface area contributed by atoms with Crippen LogP contribution in [0.3, 0.4) is 0 Å². The number of likely N-dealkylation sites (tertiary alicyclic amines) is 3. The molecule has 4 aliphatic heterocycles. The number of Topliss-reactive ketones (excluding diaryl/α,β-unsaturated/α-hetero) is 1. The number of ketones is 1. The number of nitrogens with zero attached hydrogens (tertiary/aromatic N) is 3. The fourth-order valence-corrected chi connectivity index (χ4v) is 13.2. The Bertz CT molecular complexity index is 2740. The number of amides is 2. The van der Waals surface area contributed by atoms with Crippen molar-refractivity contribution in [2.24, 2.45) is 11.8 Å². The summed E-state index contributed by atoms with van der Waals surface area (Å²) in [5.41, 5.74) is 6.66. The van der Waals surface area contributed by atoms with Crippen LogP contribution in [0, 0.1) is 39.5 Å². The average molecular weight is 1230 g/mol. The van der Waals surface area contributed by atoms with Crippen LogP contribution in [0.25, 0.3) is 0 Å². The third-order valence-corrected chi connectivity index (χ3v) is 17.7. The maximum atomic E-state index is 12.1. The van der Waals surface area contributed by atoms with Crippen molar-refractivity contribution in [2.45, 2.75) is 181 Å². The number of fused-ring (bicyclic) bond motifs is 2. The number of halogens is 1. The van der Waals surface area contributed by atoms with Crippen LogP contribution in [-0.2, 0) is 19.9 Å². The largest absolute Gasteiger partial charge is 0.496 e. The summed E-state index contributed by atoms with van der Waals surface area (Å²) in [6.45, 7) is 26.2. The highest BCUT2D eigenvalue weighted by molar-refractivity contribution is 9.10. The van der Waals surface area contributed by atoms with E-state index in [0.717, 1.165) is 63.8 Å². The van der Waals surface area contributed by atoms with Crippen LogP contribution in [-0.4, -0.2) is 136 Å². The Morgan fingerprint density at radius 1 is 0.560 bits per heavy atom. The van der Waals surface area contributed by atoms with E-state index in [2.05, 4.69) is 76.4 Å². The highest BCUT2D eigenvalue weighted by Crippen LogP contribution is 2.48. The lowest BCUT2D eigenvalue weighted by Crippen LogP contribution is -2.46. The molecule has 2 amide bonds. The third-order valence-electron chi connectivity index (χ3n) is 17.1. The van der Waals surface area contributed by atoms with E-state index in [1.807, 2.05) is 91.8 Å². The molecule has 15 heteroatoms. The zero-order valence-electron chi connectivity index (χ0n) is 53.3. The summed E-state index contributed by atoms with van der Waals surface area (Å²) >= 11 is 3.38. The Balaban J connectivity index is 0.000000173. The number of rotatable bonds is 8. The van der Waals surface area contributed by atoms with E-state index < -0.39 is 16.8 Å². The van der Waals surface area contributed by atoms with Gasteiger partial charge >= 0.3 is 12.2 Å². The quantitative estimate of drug-likeness (QED) is 0.173. The van der Waals surface area contributed by atoms with Gasteiger partial charge in [-0.3, -0.25) is 4.79 Å². The molecule has 3 atom stereocenters. The van der Waals surface area contributed by atoms with Gasteiger partial charge in [0, 0.05) is 50.6 Å². The van der Waals surface area contributed by atoms with Crippen molar-refractivity contribution >= 4 is 33.9 Å². The summed E-state index contributed by atoms with van der Waals surface area (Å²) in [4.78, 5) is 40.7. The summed E-state index contributed by atoms with van der Waals surface area (Å²) in [6, 6.07) is 25.8. The number of methoxy groups -OCH3 is 4. The second kappa shape index (κ2) is 31.3. The predicted molar refractivity (Wildman–Crippen MR) is 339 cm³/mol. The van der Waals surface area contributed by atoms with Crippen molar-refractivity contribution in [3.63, 3.8) is 0 Å². The van der Waals surface area contributed by atoms with Gasteiger partial charge in [-0.05, 0) is 246 Å². The van der Waals surface area contributed by atoms with Crippen LogP contribution in [0.1, 0.15) is 169 Å². The smallest absolute Gasteiger partial charge is 0.410 e. The fourth-order valence-electron chi connectivity index (χ4n) is 12.6. The van der Waals surface area contributed by atoms with Gasteiger partial charge in [0.2, 0.25) is 0 Å². The van der Waals surface area contributed by atoms with Crippen LogP contribution in [0.5, 0.6) is 23.0 Å². The number of carbonyl (C=O) groups is 3. The predicted octanol–water partition coefficient (Wildman–Crippen LogP) is 14.4. The zero-order chi connectivity index (χ0) is 61.4. The minimum atomic E-state index is -0.976. The summed E-state index contributed by atoms with van der Waals surface area (Å²) in [7, 11) is 6.83. The third kappa shape index (κ3) is 20.1. The van der Waals surface area contributed by atoms with Gasteiger partial charge in [0.25, 0.3) is 0 Å². The van der Waals surface area contributed by atoms with Crippen LogP contribution in [0.4, 0.5) is 9.59 Å². The van der Waals surface area contributed by atoms with Gasteiger partial charge in [-0.2, -0.15) is 0 Å². The molecule has 10 rings (SSSR count). The summed E-state index contributed by atoms with van der Waals surface area (Å²) in [5, 5.41) is 14.4. The standard InChI is InChI=1S/C20H29NO.C18H27NO4.C13H19NO.C10H17NO3.C8H9BrO/c1-14-3-6-20(22-2)18(11-14)16-7-9-21(10-8-16)19-13-15-4-5-17(19)12-15;1-13-6-7-15(22-5)14(12-13)18(21)8-10-19(11-9-18)16(20)23-17(2,3)4;1-10-3-4-13(15-2)12(9-10)11-5-7-14-8-6-11;1-10(2,3)14-9(13)11-6-4-8(12)5-7-11;1-6-3-4-8(10-2)7(9)5-6/h3,6,11,15-17,19H,4-5,7-10,12-13H2,1-2H3;6-7,12,21H,8-11H2,1-5H3;3-4,9,11,14H,5-8H2,1-2H3;4-7H2,1-3H3;3-5H,1-2H3.